The minimum absolute atomic E-state index is 0.0616. The molecule has 1 fully saturated rings. The average Bonchev–Trinajstić information content (AvgIpc) is 2.53. The van der Waals surface area contributed by atoms with E-state index >= 15 is 0 Å². The maximum absolute atomic E-state index is 11.4. The number of esters is 1. The Morgan fingerprint density at radius 1 is 1.19 bits per heavy atom. The first-order chi connectivity index (χ1) is 10.0. The Morgan fingerprint density at radius 3 is 2.38 bits per heavy atom. The van der Waals surface area contributed by atoms with Gasteiger partial charge in [-0.2, -0.15) is 0 Å². The predicted molar refractivity (Wildman–Crippen MR) is 75.5 cm³/mol. The topological polar surface area (TPSA) is 76.1 Å². The molecule has 2 rings (SSSR count). The van der Waals surface area contributed by atoms with Crippen molar-refractivity contribution < 1.29 is 24.2 Å². The van der Waals surface area contributed by atoms with E-state index in [9.17, 15) is 14.7 Å². The van der Waals surface area contributed by atoms with Gasteiger partial charge in [0.25, 0.3) is 0 Å². The van der Waals surface area contributed by atoms with E-state index in [0.29, 0.717) is 18.7 Å². The molecule has 1 aromatic carbocycles. The molecule has 0 spiro atoms. The molecule has 6 nitrogen and oxygen atoms in total. The van der Waals surface area contributed by atoms with Gasteiger partial charge >= 0.3 is 12.1 Å². The number of carboxylic acid groups (broad SMARTS) is 1. The van der Waals surface area contributed by atoms with E-state index in [-0.39, 0.29) is 18.0 Å². The van der Waals surface area contributed by atoms with Crippen LogP contribution in [0, 0.1) is 0 Å². The van der Waals surface area contributed by atoms with Crippen LogP contribution >= 0.6 is 0 Å². The fourth-order valence-electron chi connectivity index (χ4n) is 2.63. The fraction of sp³-hybridized carbons (Fsp3) is 0.467. The van der Waals surface area contributed by atoms with Crippen molar-refractivity contribution in [3.8, 4) is 0 Å². The fourth-order valence-corrected chi connectivity index (χ4v) is 2.63. The lowest BCUT2D eigenvalue weighted by atomic mass is 9.89. The third-order valence-corrected chi connectivity index (χ3v) is 3.82. The lowest BCUT2D eigenvalue weighted by Gasteiger charge is -2.35. The summed E-state index contributed by atoms with van der Waals surface area (Å²) in [5.74, 6) is -0.321. The molecule has 0 aliphatic carbocycles. The van der Waals surface area contributed by atoms with Gasteiger partial charge in [0.15, 0.2) is 0 Å². The molecular formula is C15H19NO5. The number of nitrogens with zero attached hydrogens (tertiary/aromatic N) is 1. The lowest BCUT2D eigenvalue weighted by molar-refractivity contribution is 0.0249. The number of ether oxygens (including phenoxy) is 2. The first-order valence-electron chi connectivity index (χ1n) is 6.74. The van der Waals surface area contributed by atoms with Gasteiger partial charge in [-0.05, 0) is 24.1 Å². The Morgan fingerprint density at radius 2 is 1.86 bits per heavy atom. The van der Waals surface area contributed by atoms with Crippen molar-refractivity contribution >= 4 is 12.1 Å². The molecule has 1 aromatic rings. The summed E-state index contributed by atoms with van der Waals surface area (Å²) in [6.07, 6.45) is -0.286. The third-order valence-electron chi connectivity index (χ3n) is 3.82. The SMILES string of the molecule is COC(=O)c1ccc(C2CC(OC)CN(C(=O)O)C2)cc1. The largest absolute Gasteiger partial charge is 0.465 e. The standard InChI is InChI=1S/C15H19NO5/c1-20-13-7-12(8-16(9-13)15(18)19)10-3-5-11(6-4-10)14(17)21-2/h3-6,12-13H,7-9H2,1-2H3,(H,18,19). The molecule has 114 valence electrons. The van der Waals surface area contributed by atoms with Crippen molar-refractivity contribution in [1.29, 1.82) is 0 Å². The molecule has 1 heterocycles. The summed E-state index contributed by atoms with van der Waals surface area (Å²) in [4.78, 5) is 24.0. The van der Waals surface area contributed by atoms with E-state index in [0.717, 1.165) is 12.0 Å². The molecule has 0 aromatic heterocycles. The molecular weight excluding hydrogens is 274 g/mol. The number of methoxy groups -OCH3 is 2. The van der Waals surface area contributed by atoms with Crippen LogP contribution in [-0.4, -0.2) is 55.5 Å². The molecule has 1 aliphatic heterocycles. The van der Waals surface area contributed by atoms with Gasteiger partial charge in [-0.1, -0.05) is 12.1 Å². The van der Waals surface area contributed by atoms with E-state index in [1.807, 2.05) is 12.1 Å². The molecule has 1 N–H and O–H groups in total. The Hall–Kier alpha value is -2.08. The number of likely N-dealkylation sites (tertiary alicyclic amines) is 1. The monoisotopic (exact) mass is 293 g/mol. The highest BCUT2D eigenvalue weighted by molar-refractivity contribution is 5.89. The molecule has 2 unspecified atom stereocenters. The first-order valence-corrected chi connectivity index (χ1v) is 6.74. The molecule has 1 amide bonds. The Kier molecular flexibility index (Phi) is 4.80. The number of rotatable bonds is 3. The van der Waals surface area contributed by atoms with Gasteiger partial charge in [0.05, 0.1) is 25.3 Å². The van der Waals surface area contributed by atoms with E-state index in [1.165, 1.54) is 12.0 Å². The zero-order chi connectivity index (χ0) is 15.4. The zero-order valence-corrected chi connectivity index (χ0v) is 12.1. The van der Waals surface area contributed by atoms with Gasteiger partial charge in [0.2, 0.25) is 0 Å². The van der Waals surface area contributed by atoms with Crippen LogP contribution in [0.2, 0.25) is 0 Å². The number of amides is 1. The van der Waals surface area contributed by atoms with Gasteiger partial charge in [-0.3, -0.25) is 0 Å². The normalized spacial score (nSPS) is 21.9. The summed E-state index contributed by atoms with van der Waals surface area (Å²) in [6, 6.07) is 7.08. The summed E-state index contributed by atoms with van der Waals surface area (Å²) in [6.45, 7) is 0.829. The van der Waals surface area contributed by atoms with Crippen LogP contribution in [0.25, 0.3) is 0 Å². The number of benzene rings is 1. The second kappa shape index (κ2) is 6.58. The molecule has 0 saturated carbocycles. The van der Waals surface area contributed by atoms with E-state index in [1.54, 1.807) is 19.2 Å². The van der Waals surface area contributed by atoms with E-state index < -0.39 is 6.09 Å². The molecule has 1 saturated heterocycles. The summed E-state index contributed by atoms with van der Waals surface area (Å²) in [7, 11) is 2.93. The Bertz CT molecular complexity index is 513. The number of hydrogen-bond acceptors (Lipinski definition) is 4. The predicted octanol–water partition coefficient (Wildman–Crippen LogP) is 1.96. The molecule has 0 radical (unpaired) electrons. The van der Waals surface area contributed by atoms with Crippen LogP contribution in [0.1, 0.15) is 28.3 Å². The van der Waals surface area contributed by atoms with Gasteiger partial charge < -0.3 is 19.5 Å². The number of carbonyl (C=O) groups is 2. The lowest BCUT2D eigenvalue weighted by Crippen LogP contribution is -2.45. The second-order valence-corrected chi connectivity index (χ2v) is 5.09. The number of carbonyl (C=O) groups excluding carboxylic acids is 1. The first kappa shape index (κ1) is 15.3. The highest BCUT2D eigenvalue weighted by Crippen LogP contribution is 2.28. The van der Waals surface area contributed by atoms with Gasteiger partial charge in [-0.25, -0.2) is 9.59 Å². The van der Waals surface area contributed by atoms with Crippen LogP contribution in [0.15, 0.2) is 24.3 Å². The van der Waals surface area contributed by atoms with Gasteiger partial charge in [-0.15, -0.1) is 0 Å². The average molecular weight is 293 g/mol. The Balaban J connectivity index is 2.15. The van der Waals surface area contributed by atoms with E-state index in [4.69, 9.17) is 4.74 Å². The van der Waals surface area contributed by atoms with Crippen LogP contribution in [0.5, 0.6) is 0 Å². The van der Waals surface area contributed by atoms with Crippen molar-refractivity contribution in [3.63, 3.8) is 0 Å². The minimum Gasteiger partial charge on any atom is -0.465 e. The van der Waals surface area contributed by atoms with Crippen LogP contribution in [0.4, 0.5) is 4.79 Å². The quantitative estimate of drug-likeness (QED) is 0.862. The Labute approximate surface area is 123 Å². The number of hydrogen-bond donors (Lipinski definition) is 1. The molecule has 21 heavy (non-hydrogen) atoms. The maximum Gasteiger partial charge on any atom is 0.407 e. The third kappa shape index (κ3) is 3.52. The van der Waals surface area contributed by atoms with E-state index in [2.05, 4.69) is 4.74 Å². The summed E-state index contributed by atoms with van der Waals surface area (Å²) < 4.78 is 9.98. The van der Waals surface area contributed by atoms with Crippen LogP contribution in [0.3, 0.4) is 0 Å². The summed E-state index contributed by atoms with van der Waals surface area (Å²) in [5.41, 5.74) is 1.48. The molecule has 0 bridgehead atoms. The smallest absolute Gasteiger partial charge is 0.407 e. The molecule has 1 aliphatic rings. The van der Waals surface area contributed by atoms with Crippen molar-refractivity contribution in [2.45, 2.75) is 18.4 Å². The molecule has 6 heteroatoms. The van der Waals surface area contributed by atoms with Crippen LogP contribution in [-0.2, 0) is 9.47 Å². The highest BCUT2D eigenvalue weighted by atomic mass is 16.5. The minimum atomic E-state index is -0.937. The van der Waals surface area contributed by atoms with Crippen molar-refractivity contribution in [3.05, 3.63) is 35.4 Å². The highest BCUT2D eigenvalue weighted by Gasteiger charge is 2.30. The summed E-state index contributed by atoms with van der Waals surface area (Å²) in [5, 5.41) is 9.17. The zero-order valence-electron chi connectivity index (χ0n) is 12.1. The summed E-state index contributed by atoms with van der Waals surface area (Å²) >= 11 is 0. The van der Waals surface area contributed by atoms with Gasteiger partial charge in [0.1, 0.15) is 0 Å². The van der Waals surface area contributed by atoms with Gasteiger partial charge in [0, 0.05) is 19.6 Å². The van der Waals surface area contributed by atoms with Crippen molar-refractivity contribution in [1.82, 2.24) is 4.90 Å². The van der Waals surface area contributed by atoms with Crippen molar-refractivity contribution in [2.75, 3.05) is 27.3 Å². The molecule has 2 atom stereocenters. The second-order valence-electron chi connectivity index (χ2n) is 5.09. The van der Waals surface area contributed by atoms with Crippen LogP contribution < -0.4 is 0 Å². The van der Waals surface area contributed by atoms with Crippen molar-refractivity contribution in [2.24, 2.45) is 0 Å². The number of piperidine rings is 1. The maximum atomic E-state index is 11.4.